The van der Waals surface area contributed by atoms with Crippen molar-refractivity contribution < 1.29 is 4.74 Å². The summed E-state index contributed by atoms with van der Waals surface area (Å²) in [6, 6.07) is 0. The van der Waals surface area contributed by atoms with Crippen LogP contribution in [0.1, 0.15) is 73.4 Å². The van der Waals surface area contributed by atoms with E-state index in [0.29, 0.717) is 18.6 Å². The lowest BCUT2D eigenvalue weighted by molar-refractivity contribution is -0.0323. The molecule has 0 aromatic carbocycles. The van der Waals surface area contributed by atoms with Crippen molar-refractivity contribution in [2.24, 2.45) is 11.1 Å². The van der Waals surface area contributed by atoms with Crippen LogP contribution in [0.25, 0.3) is 0 Å². The first-order chi connectivity index (χ1) is 10.5. The number of ether oxygens (including phenoxy) is 1. The Labute approximate surface area is 142 Å². The summed E-state index contributed by atoms with van der Waals surface area (Å²) in [5.41, 5.74) is 6.74. The van der Waals surface area contributed by atoms with Crippen molar-refractivity contribution in [3.63, 3.8) is 0 Å². The first-order valence-electron chi connectivity index (χ1n) is 8.71. The lowest BCUT2D eigenvalue weighted by Crippen LogP contribution is -2.33. The molecule has 1 heterocycles. The molecular formula is C18H36N4O. The summed E-state index contributed by atoms with van der Waals surface area (Å²) in [5.74, 6) is 0. The van der Waals surface area contributed by atoms with Crippen molar-refractivity contribution in [1.29, 1.82) is 0 Å². The van der Waals surface area contributed by atoms with Gasteiger partial charge >= 0.3 is 0 Å². The van der Waals surface area contributed by atoms with Gasteiger partial charge in [-0.2, -0.15) is 0 Å². The van der Waals surface area contributed by atoms with Crippen LogP contribution in [0.5, 0.6) is 0 Å². The van der Waals surface area contributed by atoms with Crippen LogP contribution in [-0.4, -0.2) is 33.7 Å². The van der Waals surface area contributed by atoms with E-state index in [0.717, 1.165) is 31.4 Å². The predicted octanol–water partition coefficient (Wildman–Crippen LogP) is 3.53. The first kappa shape index (κ1) is 20.1. The molecule has 5 heteroatoms. The summed E-state index contributed by atoms with van der Waals surface area (Å²) >= 11 is 0. The maximum atomic E-state index is 5.98. The Bertz CT molecular complexity index is 472. The largest absolute Gasteiger partial charge is 0.375 e. The van der Waals surface area contributed by atoms with Gasteiger partial charge in [-0.05, 0) is 65.3 Å². The monoisotopic (exact) mass is 324 g/mol. The third kappa shape index (κ3) is 7.44. The molecule has 0 spiro atoms. The molecule has 5 nitrogen and oxygen atoms in total. The molecule has 0 radical (unpaired) electrons. The second-order valence-corrected chi connectivity index (χ2v) is 8.92. The van der Waals surface area contributed by atoms with Gasteiger partial charge in [0.15, 0.2) is 0 Å². The fourth-order valence-electron chi connectivity index (χ4n) is 2.32. The van der Waals surface area contributed by atoms with Crippen molar-refractivity contribution in [3.05, 3.63) is 11.9 Å². The van der Waals surface area contributed by atoms with Crippen molar-refractivity contribution in [1.82, 2.24) is 15.0 Å². The zero-order valence-electron chi connectivity index (χ0n) is 16.1. The molecule has 0 bridgehead atoms. The molecule has 0 atom stereocenters. The highest BCUT2D eigenvalue weighted by Crippen LogP contribution is 2.24. The number of aryl methyl sites for hydroxylation is 1. The van der Waals surface area contributed by atoms with E-state index in [4.69, 9.17) is 10.5 Å². The van der Waals surface area contributed by atoms with Gasteiger partial charge in [0.1, 0.15) is 0 Å². The summed E-state index contributed by atoms with van der Waals surface area (Å²) in [6.07, 6.45) is 5.93. The molecule has 0 fully saturated rings. The molecule has 0 unspecified atom stereocenters. The second kappa shape index (κ2) is 7.75. The summed E-state index contributed by atoms with van der Waals surface area (Å²) in [6.45, 7) is 16.6. The lowest BCUT2D eigenvalue weighted by atomic mass is 9.90. The van der Waals surface area contributed by atoms with E-state index in [2.05, 4.69) is 65.0 Å². The van der Waals surface area contributed by atoms with Crippen molar-refractivity contribution in [3.8, 4) is 0 Å². The molecular weight excluding hydrogens is 288 g/mol. The molecule has 0 saturated carbocycles. The third-order valence-corrected chi connectivity index (χ3v) is 4.25. The van der Waals surface area contributed by atoms with Crippen molar-refractivity contribution in [2.75, 3.05) is 13.2 Å². The average molecular weight is 325 g/mol. The lowest BCUT2D eigenvalue weighted by Gasteiger charge is -2.29. The van der Waals surface area contributed by atoms with Gasteiger partial charge in [-0.3, -0.25) is 0 Å². The molecule has 0 aliphatic heterocycles. The van der Waals surface area contributed by atoms with Crippen LogP contribution in [0.4, 0.5) is 0 Å². The molecule has 0 aliphatic carbocycles. The predicted molar refractivity (Wildman–Crippen MR) is 95.4 cm³/mol. The molecule has 0 amide bonds. The van der Waals surface area contributed by atoms with E-state index >= 15 is 0 Å². The fourth-order valence-corrected chi connectivity index (χ4v) is 2.32. The van der Waals surface area contributed by atoms with Gasteiger partial charge < -0.3 is 10.5 Å². The maximum Gasteiger partial charge on any atom is 0.0827 e. The second-order valence-electron chi connectivity index (χ2n) is 8.92. The van der Waals surface area contributed by atoms with Gasteiger partial charge in [-0.25, -0.2) is 4.68 Å². The summed E-state index contributed by atoms with van der Waals surface area (Å²) < 4.78 is 7.96. The van der Waals surface area contributed by atoms with Gasteiger partial charge in [0.25, 0.3) is 0 Å². The van der Waals surface area contributed by atoms with E-state index in [1.165, 1.54) is 0 Å². The van der Waals surface area contributed by atoms with Gasteiger partial charge in [-0.15, -0.1) is 5.10 Å². The highest BCUT2D eigenvalue weighted by Gasteiger charge is 2.24. The highest BCUT2D eigenvalue weighted by molar-refractivity contribution is 4.96. The standard InChI is InChI=1S/C18H36N4O/c1-16(2,3)9-8-15-14-22(21-20-15)17(4,5)11-13-23-18(6,7)10-12-19/h14H,8-13,19H2,1-7H3. The van der Waals surface area contributed by atoms with Crippen molar-refractivity contribution in [2.45, 2.75) is 85.3 Å². The van der Waals surface area contributed by atoms with Crippen LogP contribution in [0.3, 0.4) is 0 Å². The normalized spacial score (nSPS) is 13.6. The van der Waals surface area contributed by atoms with Gasteiger partial charge in [0, 0.05) is 12.8 Å². The molecule has 134 valence electrons. The van der Waals surface area contributed by atoms with Crippen molar-refractivity contribution >= 4 is 0 Å². The minimum absolute atomic E-state index is 0.105. The van der Waals surface area contributed by atoms with E-state index in [9.17, 15) is 0 Å². The SMILES string of the molecule is CC(C)(C)CCc1cn(C(C)(C)CCOC(C)(C)CCN)nn1. The Morgan fingerprint density at radius 2 is 1.70 bits per heavy atom. The molecule has 1 rings (SSSR count). The maximum absolute atomic E-state index is 5.98. The highest BCUT2D eigenvalue weighted by atomic mass is 16.5. The smallest absolute Gasteiger partial charge is 0.0827 e. The Morgan fingerprint density at radius 3 is 2.26 bits per heavy atom. The number of nitrogens with zero attached hydrogens (tertiary/aromatic N) is 3. The Balaban J connectivity index is 2.54. The summed E-state index contributed by atoms with van der Waals surface area (Å²) in [7, 11) is 0. The minimum atomic E-state index is -0.162. The van der Waals surface area contributed by atoms with Crippen LogP contribution >= 0.6 is 0 Å². The Hall–Kier alpha value is -0.940. The molecule has 0 saturated heterocycles. The number of hydrogen-bond donors (Lipinski definition) is 1. The topological polar surface area (TPSA) is 66.0 Å². The van der Waals surface area contributed by atoms with E-state index in [1.807, 2.05) is 4.68 Å². The zero-order chi connectivity index (χ0) is 17.7. The zero-order valence-corrected chi connectivity index (χ0v) is 16.1. The van der Waals surface area contributed by atoms with Gasteiger partial charge in [-0.1, -0.05) is 26.0 Å². The van der Waals surface area contributed by atoms with Crippen LogP contribution in [-0.2, 0) is 16.7 Å². The fraction of sp³-hybridized carbons (Fsp3) is 0.889. The van der Waals surface area contributed by atoms with Crippen LogP contribution in [0.15, 0.2) is 6.20 Å². The number of nitrogens with two attached hydrogens (primary N) is 1. The number of rotatable bonds is 9. The summed E-state index contributed by atoms with van der Waals surface area (Å²) in [5, 5.41) is 8.66. The number of hydrogen-bond acceptors (Lipinski definition) is 4. The third-order valence-electron chi connectivity index (χ3n) is 4.25. The van der Waals surface area contributed by atoms with Gasteiger partial charge in [0.05, 0.1) is 16.8 Å². The number of aromatic nitrogens is 3. The molecule has 1 aromatic heterocycles. The van der Waals surface area contributed by atoms with Crippen LogP contribution in [0, 0.1) is 5.41 Å². The summed E-state index contributed by atoms with van der Waals surface area (Å²) in [4.78, 5) is 0. The van der Waals surface area contributed by atoms with E-state index in [-0.39, 0.29) is 11.1 Å². The van der Waals surface area contributed by atoms with Gasteiger partial charge in [0.2, 0.25) is 0 Å². The molecule has 2 N–H and O–H groups in total. The minimum Gasteiger partial charge on any atom is -0.375 e. The van der Waals surface area contributed by atoms with Crippen LogP contribution < -0.4 is 5.73 Å². The van der Waals surface area contributed by atoms with E-state index < -0.39 is 0 Å². The van der Waals surface area contributed by atoms with Crippen LogP contribution in [0.2, 0.25) is 0 Å². The quantitative estimate of drug-likeness (QED) is 0.754. The molecule has 23 heavy (non-hydrogen) atoms. The van der Waals surface area contributed by atoms with E-state index in [1.54, 1.807) is 0 Å². The Morgan fingerprint density at radius 1 is 1.04 bits per heavy atom. The molecule has 0 aliphatic rings. The first-order valence-corrected chi connectivity index (χ1v) is 8.71. The molecule has 1 aromatic rings. The Kier molecular flexibility index (Phi) is 6.78. The average Bonchev–Trinajstić information content (AvgIpc) is 2.84.